The summed E-state index contributed by atoms with van der Waals surface area (Å²) in [5, 5.41) is 4.02. The summed E-state index contributed by atoms with van der Waals surface area (Å²) in [7, 11) is 0. The molecule has 0 saturated heterocycles. The normalized spacial score (nSPS) is 10.4. The first-order chi connectivity index (χ1) is 7.66. The van der Waals surface area contributed by atoms with E-state index in [1.54, 1.807) is 19.2 Å². The number of thiazole rings is 1. The van der Waals surface area contributed by atoms with Gasteiger partial charge in [-0.2, -0.15) is 0 Å². The summed E-state index contributed by atoms with van der Waals surface area (Å²) in [6, 6.07) is 4.97. The van der Waals surface area contributed by atoms with Crippen LogP contribution in [0.3, 0.4) is 0 Å². The lowest BCUT2D eigenvalue weighted by Crippen LogP contribution is -2.01. The number of aromatic nitrogens is 1. The molecule has 0 saturated carbocycles. The Hall–Kier alpha value is -1.13. The van der Waals surface area contributed by atoms with Crippen LogP contribution in [0.15, 0.2) is 24.4 Å². The Bertz CT molecular complexity index is 498. The van der Waals surface area contributed by atoms with Crippen molar-refractivity contribution in [2.75, 3.05) is 5.32 Å². The first-order valence-corrected chi connectivity index (χ1v) is 5.95. The topological polar surface area (TPSA) is 24.9 Å². The van der Waals surface area contributed by atoms with Crippen molar-refractivity contribution in [3.05, 3.63) is 45.1 Å². The molecule has 2 aromatic rings. The van der Waals surface area contributed by atoms with Crippen LogP contribution in [-0.4, -0.2) is 4.98 Å². The quantitative estimate of drug-likeness (QED) is 0.902. The van der Waals surface area contributed by atoms with Gasteiger partial charge in [0.25, 0.3) is 0 Å². The summed E-state index contributed by atoms with van der Waals surface area (Å²) < 4.78 is 13.9. The highest BCUT2D eigenvalue weighted by Gasteiger charge is 2.04. The molecule has 1 aromatic carbocycles. The minimum atomic E-state index is -0.206. The van der Waals surface area contributed by atoms with Crippen molar-refractivity contribution >= 4 is 28.6 Å². The molecule has 1 aromatic heterocycles. The molecule has 2 nitrogen and oxygen atoms in total. The maximum atomic E-state index is 13.2. The predicted molar refractivity (Wildman–Crippen MR) is 65.6 cm³/mol. The highest BCUT2D eigenvalue weighted by molar-refractivity contribution is 7.15. The molecule has 0 aliphatic carbocycles. The number of hydrogen-bond donors (Lipinski definition) is 1. The van der Waals surface area contributed by atoms with Gasteiger partial charge in [0.2, 0.25) is 0 Å². The van der Waals surface area contributed by atoms with Crippen molar-refractivity contribution in [1.82, 2.24) is 4.98 Å². The number of halogens is 2. The van der Waals surface area contributed by atoms with Gasteiger partial charge in [-0.15, -0.1) is 11.3 Å². The van der Waals surface area contributed by atoms with Crippen LogP contribution in [0.1, 0.15) is 10.6 Å². The Morgan fingerprint density at radius 2 is 2.31 bits per heavy atom. The fraction of sp³-hybridized carbons (Fsp3) is 0.182. The second kappa shape index (κ2) is 4.80. The second-order valence-electron chi connectivity index (χ2n) is 3.32. The van der Waals surface area contributed by atoms with Crippen LogP contribution < -0.4 is 5.32 Å². The van der Waals surface area contributed by atoms with Gasteiger partial charge in [0, 0.05) is 11.3 Å². The fourth-order valence-corrected chi connectivity index (χ4v) is 2.24. The molecule has 1 heterocycles. The summed E-state index contributed by atoms with van der Waals surface area (Å²) in [6.45, 7) is 2.30. The summed E-state index contributed by atoms with van der Waals surface area (Å²) in [6.07, 6.45) is 1.61. The smallest absolute Gasteiger partial charge is 0.128 e. The zero-order valence-electron chi connectivity index (χ0n) is 8.63. The third-order valence-corrected chi connectivity index (χ3v) is 3.34. The number of rotatable bonds is 3. The van der Waals surface area contributed by atoms with E-state index in [4.69, 9.17) is 11.6 Å². The Labute approximate surface area is 102 Å². The highest BCUT2D eigenvalue weighted by atomic mass is 35.5. The largest absolute Gasteiger partial charge is 0.378 e. The molecular formula is C11H10ClFN2S. The number of nitrogens with one attached hydrogen (secondary N) is 1. The molecule has 0 bridgehead atoms. The number of benzene rings is 1. The molecule has 5 heteroatoms. The van der Waals surface area contributed by atoms with Crippen LogP contribution in [0.5, 0.6) is 0 Å². The van der Waals surface area contributed by atoms with Crippen LogP contribution in [0.2, 0.25) is 4.34 Å². The van der Waals surface area contributed by atoms with Gasteiger partial charge in [0.1, 0.15) is 15.2 Å². The molecule has 0 spiro atoms. The van der Waals surface area contributed by atoms with Gasteiger partial charge in [0.05, 0.1) is 12.7 Å². The maximum Gasteiger partial charge on any atom is 0.128 e. The summed E-state index contributed by atoms with van der Waals surface area (Å²) >= 11 is 7.18. The minimum absolute atomic E-state index is 0.206. The fourth-order valence-electron chi connectivity index (χ4n) is 1.34. The molecule has 1 N–H and O–H groups in total. The third kappa shape index (κ3) is 2.51. The SMILES string of the molecule is Cc1c(F)cccc1NCc1ncc(Cl)s1. The van der Waals surface area contributed by atoms with Crippen LogP contribution in [0.4, 0.5) is 10.1 Å². The lowest BCUT2D eigenvalue weighted by molar-refractivity contribution is 0.619. The van der Waals surface area contributed by atoms with E-state index in [1.807, 2.05) is 6.07 Å². The van der Waals surface area contributed by atoms with E-state index in [9.17, 15) is 4.39 Å². The van der Waals surface area contributed by atoms with E-state index < -0.39 is 0 Å². The maximum absolute atomic E-state index is 13.2. The molecule has 0 amide bonds. The van der Waals surface area contributed by atoms with Crippen LogP contribution in [0, 0.1) is 12.7 Å². The Balaban J connectivity index is 2.07. The molecule has 0 atom stereocenters. The molecular weight excluding hydrogens is 247 g/mol. The lowest BCUT2D eigenvalue weighted by Gasteiger charge is -2.08. The molecule has 0 aliphatic rings. The zero-order valence-corrected chi connectivity index (χ0v) is 10.2. The van der Waals surface area contributed by atoms with E-state index >= 15 is 0 Å². The van der Waals surface area contributed by atoms with Crippen molar-refractivity contribution in [2.45, 2.75) is 13.5 Å². The van der Waals surface area contributed by atoms with Gasteiger partial charge in [-0.3, -0.25) is 0 Å². The number of nitrogens with zero attached hydrogens (tertiary/aromatic N) is 1. The molecule has 0 radical (unpaired) electrons. The minimum Gasteiger partial charge on any atom is -0.378 e. The van der Waals surface area contributed by atoms with Crippen LogP contribution in [0.25, 0.3) is 0 Å². The standard InChI is InChI=1S/C11H10ClFN2S/c1-7-8(13)3-2-4-9(7)14-6-11-15-5-10(12)16-11/h2-5,14H,6H2,1H3. The third-order valence-electron chi connectivity index (χ3n) is 2.22. The van der Waals surface area contributed by atoms with E-state index in [-0.39, 0.29) is 5.82 Å². The molecule has 2 rings (SSSR count). The molecule has 84 valence electrons. The summed E-state index contributed by atoms with van der Waals surface area (Å²) in [5.74, 6) is -0.206. The summed E-state index contributed by atoms with van der Waals surface area (Å²) in [5.41, 5.74) is 1.40. The predicted octanol–water partition coefficient (Wildman–Crippen LogP) is 3.86. The monoisotopic (exact) mass is 256 g/mol. The zero-order chi connectivity index (χ0) is 11.5. The number of anilines is 1. The second-order valence-corrected chi connectivity index (χ2v) is 5.07. The lowest BCUT2D eigenvalue weighted by atomic mass is 10.2. The van der Waals surface area contributed by atoms with Crippen molar-refractivity contribution in [3.63, 3.8) is 0 Å². The van der Waals surface area contributed by atoms with Crippen LogP contribution >= 0.6 is 22.9 Å². The highest BCUT2D eigenvalue weighted by Crippen LogP contribution is 2.21. The first-order valence-electron chi connectivity index (χ1n) is 4.76. The van der Waals surface area contributed by atoms with E-state index in [0.29, 0.717) is 16.4 Å². The van der Waals surface area contributed by atoms with Gasteiger partial charge >= 0.3 is 0 Å². The van der Waals surface area contributed by atoms with Crippen molar-refractivity contribution in [1.29, 1.82) is 0 Å². The molecule has 0 fully saturated rings. The van der Waals surface area contributed by atoms with Gasteiger partial charge in [-0.25, -0.2) is 9.37 Å². The van der Waals surface area contributed by atoms with Gasteiger partial charge < -0.3 is 5.32 Å². The molecule has 0 aliphatic heterocycles. The van der Waals surface area contributed by atoms with Crippen molar-refractivity contribution in [2.24, 2.45) is 0 Å². The van der Waals surface area contributed by atoms with Crippen molar-refractivity contribution in [3.8, 4) is 0 Å². The summed E-state index contributed by atoms with van der Waals surface area (Å²) in [4.78, 5) is 4.11. The molecule has 0 unspecified atom stereocenters. The average molecular weight is 257 g/mol. The first kappa shape index (κ1) is 11.4. The van der Waals surface area contributed by atoms with Gasteiger partial charge in [0.15, 0.2) is 0 Å². The van der Waals surface area contributed by atoms with E-state index in [1.165, 1.54) is 17.4 Å². The van der Waals surface area contributed by atoms with E-state index in [2.05, 4.69) is 10.3 Å². The van der Waals surface area contributed by atoms with Gasteiger partial charge in [-0.05, 0) is 19.1 Å². The van der Waals surface area contributed by atoms with Crippen LogP contribution in [-0.2, 0) is 6.54 Å². The van der Waals surface area contributed by atoms with Gasteiger partial charge in [-0.1, -0.05) is 17.7 Å². The van der Waals surface area contributed by atoms with E-state index in [0.717, 1.165) is 10.7 Å². The Morgan fingerprint density at radius 3 is 3.00 bits per heavy atom. The Kier molecular flexibility index (Phi) is 3.41. The van der Waals surface area contributed by atoms with Crippen molar-refractivity contribution < 1.29 is 4.39 Å². The molecule has 16 heavy (non-hydrogen) atoms. The number of hydrogen-bond acceptors (Lipinski definition) is 3. The average Bonchev–Trinajstić information content (AvgIpc) is 2.67. The Morgan fingerprint density at radius 1 is 1.50 bits per heavy atom.